The van der Waals surface area contributed by atoms with Crippen molar-refractivity contribution < 1.29 is 5.11 Å². The van der Waals surface area contributed by atoms with Gasteiger partial charge < -0.3 is 15.3 Å². The van der Waals surface area contributed by atoms with Gasteiger partial charge in [-0.05, 0) is 31.3 Å². The standard InChI is InChI=1S/C15H32N2O/c1-3-16-13-15(9-7-5-6-8-10-15)14-17(4-2)11-12-18/h16,18H,3-14H2,1-2H3. The molecule has 0 aromatic rings. The van der Waals surface area contributed by atoms with Crippen molar-refractivity contribution in [2.24, 2.45) is 5.41 Å². The third-order valence-electron chi connectivity index (χ3n) is 4.34. The van der Waals surface area contributed by atoms with Crippen LogP contribution in [0.15, 0.2) is 0 Å². The van der Waals surface area contributed by atoms with Crippen LogP contribution in [0, 0.1) is 5.41 Å². The first-order valence-corrected chi connectivity index (χ1v) is 7.80. The molecule has 2 N–H and O–H groups in total. The Kier molecular flexibility index (Phi) is 7.87. The summed E-state index contributed by atoms with van der Waals surface area (Å²) in [6.07, 6.45) is 8.26. The number of nitrogens with zero attached hydrogens (tertiary/aromatic N) is 1. The minimum Gasteiger partial charge on any atom is -0.395 e. The lowest BCUT2D eigenvalue weighted by atomic mass is 9.79. The van der Waals surface area contributed by atoms with Crippen molar-refractivity contribution in [3.63, 3.8) is 0 Å². The summed E-state index contributed by atoms with van der Waals surface area (Å²) < 4.78 is 0. The molecule has 1 aliphatic rings. The van der Waals surface area contributed by atoms with Crippen molar-refractivity contribution in [1.82, 2.24) is 10.2 Å². The van der Waals surface area contributed by atoms with Crippen LogP contribution in [0.4, 0.5) is 0 Å². The van der Waals surface area contributed by atoms with Gasteiger partial charge in [0.2, 0.25) is 0 Å². The number of hydrogen-bond donors (Lipinski definition) is 2. The summed E-state index contributed by atoms with van der Waals surface area (Å²) >= 11 is 0. The van der Waals surface area contributed by atoms with Crippen LogP contribution in [-0.2, 0) is 0 Å². The highest BCUT2D eigenvalue weighted by molar-refractivity contribution is 4.86. The molecule has 0 aromatic carbocycles. The smallest absolute Gasteiger partial charge is 0.0558 e. The van der Waals surface area contributed by atoms with Gasteiger partial charge in [0.05, 0.1) is 6.61 Å². The summed E-state index contributed by atoms with van der Waals surface area (Å²) in [6, 6.07) is 0. The van der Waals surface area contributed by atoms with Crippen LogP contribution in [-0.4, -0.2) is 49.3 Å². The number of likely N-dealkylation sites (N-methyl/N-ethyl adjacent to an activating group) is 1. The third kappa shape index (κ3) is 5.25. The van der Waals surface area contributed by atoms with Crippen LogP contribution in [0.1, 0.15) is 52.4 Å². The fourth-order valence-electron chi connectivity index (χ4n) is 3.22. The highest BCUT2D eigenvalue weighted by Gasteiger charge is 2.31. The summed E-state index contributed by atoms with van der Waals surface area (Å²) in [5.74, 6) is 0. The molecule has 0 amide bonds. The summed E-state index contributed by atoms with van der Waals surface area (Å²) in [5.41, 5.74) is 0.442. The zero-order valence-electron chi connectivity index (χ0n) is 12.4. The predicted octanol–water partition coefficient (Wildman–Crippen LogP) is 2.25. The highest BCUT2D eigenvalue weighted by Crippen LogP contribution is 2.35. The van der Waals surface area contributed by atoms with Gasteiger partial charge in [-0.3, -0.25) is 0 Å². The second kappa shape index (κ2) is 8.89. The fraction of sp³-hybridized carbons (Fsp3) is 1.00. The number of aliphatic hydroxyl groups is 1. The zero-order chi connectivity index (χ0) is 13.3. The summed E-state index contributed by atoms with van der Waals surface area (Å²) in [4.78, 5) is 2.42. The molecule has 0 spiro atoms. The Morgan fingerprint density at radius 3 is 2.28 bits per heavy atom. The first-order chi connectivity index (χ1) is 8.76. The molecular weight excluding hydrogens is 224 g/mol. The van der Waals surface area contributed by atoms with Crippen LogP contribution in [0.3, 0.4) is 0 Å². The average molecular weight is 256 g/mol. The maximum atomic E-state index is 9.16. The number of hydrogen-bond acceptors (Lipinski definition) is 3. The average Bonchev–Trinajstić information content (AvgIpc) is 2.62. The van der Waals surface area contributed by atoms with Crippen molar-refractivity contribution in [2.45, 2.75) is 52.4 Å². The van der Waals surface area contributed by atoms with Gasteiger partial charge in [-0.1, -0.05) is 39.5 Å². The quantitative estimate of drug-likeness (QED) is 0.654. The summed E-state index contributed by atoms with van der Waals surface area (Å²) in [7, 11) is 0. The van der Waals surface area contributed by atoms with E-state index < -0.39 is 0 Å². The van der Waals surface area contributed by atoms with Crippen LogP contribution in [0.2, 0.25) is 0 Å². The normalized spacial score (nSPS) is 20.0. The van der Waals surface area contributed by atoms with E-state index in [1.165, 1.54) is 38.5 Å². The van der Waals surface area contributed by atoms with Crippen LogP contribution in [0.25, 0.3) is 0 Å². The lowest BCUT2D eigenvalue weighted by molar-refractivity contribution is 0.112. The molecule has 0 radical (unpaired) electrons. The third-order valence-corrected chi connectivity index (χ3v) is 4.34. The molecular formula is C15H32N2O. The zero-order valence-corrected chi connectivity index (χ0v) is 12.4. The van der Waals surface area contributed by atoms with E-state index in [1.807, 2.05) is 0 Å². The topological polar surface area (TPSA) is 35.5 Å². The first kappa shape index (κ1) is 15.9. The number of rotatable bonds is 8. The SMILES string of the molecule is CCNCC1(CN(CC)CCO)CCCCCC1. The molecule has 1 aliphatic carbocycles. The van der Waals surface area contributed by atoms with Gasteiger partial charge >= 0.3 is 0 Å². The van der Waals surface area contributed by atoms with E-state index in [4.69, 9.17) is 5.11 Å². The first-order valence-electron chi connectivity index (χ1n) is 7.80. The molecule has 1 fully saturated rings. The highest BCUT2D eigenvalue weighted by atomic mass is 16.3. The Morgan fingerprint density at radius 1 is 1.11 bits per heavy atom. The molecule has 0 heterocycles. The minimum atomic E-state index is 0.283. The Bertz CT molecular complexity index is 201. The second-order valence-corrected chi connectivity index (χ2v) is 5.79. The maximum absolute atomic E-state index is 9.16. The van der Waals surface area contributed by atoms with E-state index in [0.717, 1.165) is 32.7 Å². The number of aliphatic hydroxyl groups excluding tert-OH is 1. The summed E-state index contributed by atoms with van der Waals surface area (Å²) in [6.45, 7) is 9.91. The van der Waals surface area contributed by atoms with Gasteiger partial charge in [-0.15, -0.1) is 0 Å². The molecule has 0 aromatic heterocycles. The van der Waals surface area contributed by atoms with Crippen LogP contribution >= 0.6 is 0 Å². The Labute approximate surface area is 113 Å². The second-order valence-electron chi connectivity index (χ2n) is 5.79. The lowest BCUT2D eigenvalue weighted by Gasteiger charge is -2.38. The molecule has 1 saturated carbocycles. The Hall–Kier alpha value is -0.120. The van der Waals surface area contributed by atoms with Crippen LogP contribution in [0.5, 0.6) is 0 Å². The molecule has 3 heteroatoms. The van der Waals surface area contributed by atoms with E-state index in [9.17, 15) is 0 Å². The molecule has 0 bridgehead atoms. The van der Waals surface area contributed by atoms with E-state index in [1.54, 1.807) is 0 Å². The van der Waals surface area contributed by atoms with Gasteiger partial charge in [0.15, 0.2) is 0 Å². The lowest BCUT2D eigenvalue weighted by Crippen LogP contribution is -2.44. The van der Waals surface area contributed by atoms with Gasteiger partial charge in [0.1, 0.15) is 0 Å². The van der Waals surface area contributed by atoms with Crippen LogP contribution < -0.4 is 5.32 Å². The van der Waals surface area contributed by atoms with Gasteiger partial charge in [-0.2, -0.15) is 0 Å². The summed E-state index contributed by atoms with van der Waals surface area (Å²) in [5, 5.41) is 12.7. The fourth-order valence-corrected chi connectivity index (χ4v) is 3.22. The van der Waals surface area contributed by atoms with E-state index in [0.29, 0.717) is 5.41 Å². The molecule has 1 rings (SSSR count). The molecule has 0 aliphatic heterocycles. The Balaban J connectivity index is 2.61. The molecule has 0 unspecified atom stereocenters. The maximum Gasteiger partial charge on any atom is 0.0558 e. The molecule has 3 nitrogen and oxygen atoms in total. The van der Waals surface area contributed by atoms with Gasteiger partial charge in [-0.25, -0.2) is 0 Å². The molecule has 0 atom stereocenters. The number of nitrogens with one attached hydrogen (secondary N) is 1. The minimum absolute atomic E-state index is 0.283. The van der Waals surface area contributed by atoms with Crippen molar-refractivity contribution >= 4 is 0 Å². The van der Waals surface area contributed by atoms with E-state index in [2.05, 4.69) is 24.1 Å². The van der Waals surface area contributed by atoms with Gasteiger partial charge in [0, 0.05) is 19.6 Å². The van der Waals surface area contributed by atoms with Crippen molar-refractivity contribution in [3.05, 3.63) is 0 Å². The predicted molar refractivity (Wildman–Crippen MR) is 77.9 cm³/mol. The molecule has 0 saturated heterocycles. The van der Waals surface area contributed by atoms with Gasteiger partial charge in [0.25, 0.3) is 0 Å². The van der Waals surface area contributed by atoms with E-state index in [-0.39, 0.29) is 6.61 Å². The monoisotopic (exact) mass is 256 g/mol. The largest absolute Gasteiger partial charge is 0.395 e. The van der Waals surface area contributed by atoms with E-state index >= 15 is 0 Å². The van der Waals surface area contributed by atoms with Crippen molar-refractivity contribution in [3.8, 4) is 0 Å². The molecule has 108 valence electrons. The van der Waals surface area contributed by atoms with Crippen molar-refractivity contribution in [2.75, 3.05) is 39.3 Å². The molecule has 18 heavy (non-hydrogen) atoms. The van der Waals surface area contributed by atoms with Crippen molar-refractivity contribution in [1.29, 1.82) is 0 Å². The Morgan fingerprint density at radius 2 is 1.78 bits per heavy atom.